The second kappa shape index (κ2) is 5.35. The van der Waals surface area contributed by atoms with Gasteiger partial charge in [-0.2, -0.15) is 0 Å². The van der Waals surface area contributed by atoms with E-state index in [0.717, 1.165) is 17.8 Å². The number of hydrogen-bond donors (Lipinski definition) is 1. The van der Waals surface area contributed by atoms with Crippen molar-refractivity contribution in [1.82, 2.24) is 9.97 Å². The molecule has 0 amide bonds. The third-order valence-electron chi connectivity index (χ3n) is 2.17. The van der Waals surface area contributed by atoms with Crippen LogP contribution in [0.2, 0.25) is 0 Å². The Morgan fingerprint density at radius 3 is 2.47 bits per heavy atom. The molecule has 0 spiro atoms. The normalized spacial score (nSPS) is 11.9. The summed E-state index contributed by atoms with van der Waals surface area (Å²) in [7, 11) is 0. The fourth-order valence-electron chi connectivity index (χ4n) is 1.41. The topological polar surface area (TPSA) is 37.8 Å². The van der Waals surface area contributed by atoms with E-state index in [4.69, 9.17) is 6.42 Å². The molecule has 1 aromatic heterocycles. The Morgan fingerprint density at radius 1 is 1.40 bits per heavy atom. The summed E-state index contributed by atoms with van der Waals surface area (Å²) in [4.78, 5) is 8.63. The Labute approximate surface area is 91.3 Å². The van der Waals surface area contributed by atoms with Crippen LogP contribution in [0.25, 0.3) is 0 Å². The van der Waals surface area contributed by atoms with Crippen LogP contribution in [0.5, 0.6) is 0 Å². The maximum absolute atomic E-state index is 5.29. The van der Waals surface area contributed by atoms with Gasteiger partial charge in [-0.25, -0.2) is 9.97 Å². The van der Waals surface area contributed by atoms with Crippen molar-refractivity contribution in [3.8, 4) is 12.3 Å². The second-order valence-electron chi connectivity index (χ2n) is 3.63. The van der Waals surface area contributed by atoms with E-state index in [0.29, 0.717) is 12.4 Å². The predicted molar refractivity (Wildman–Crippen MR) is 62.7 cm³/mol. The lowest BCUT2D eigenvalue weighted by Crippen LogP contribution is -2.19. The number of hydrogen-bond acceptors (Lipinski definition) is 3. The summed E-state index contributed by atoms with van der Waals surface area (Å²) >= 11 is 0. The van der Waals surface area contributed by atoms with Crippen LogP contribution in [-0.4, -0.2) is 16.0 Å². The van der Waals surface area contributed by atoms with Crippen LogP contribution in [0.1, 0.15) is 31.2 Å². The zero-order valence-corrected chi connectivity index (χ0v) is 9.54. The summed E-state index contributed by atoms with van der Waals surface area (Å²) in [5.74, 6) is 3.33. The third-order valence-corrected chi connectivity index (χ3v) is 2.17. The van der Waals surface area contributed by atoms with Crippen molar-refractivity contribution >= 4 is 5.95 Å². The molecule has 3 heteroatoms. The molecule has 1 rings (SSSR count). The molecule has 1 N–H and O–H groups in total. The minimum atomic E-state index is 0.260. The van der Waals surface area contributed by atoms with Crippen molar-refractivity contribution in [1.29, 1.82) is 0 Å². The molecule has 80 valence electrons. The van der Waals surface area contributed by atoms with Gasteiger partial charge < -0.3 is 5.32 Å². The van der Waals surface area contributed by atoms with Crippen LogP contribution in [0, 0.1) is 26.2 Å². The van der Waals surface area contributed by atoms with Gasteiger partial charge in [0.05, 0.1) is 0 Å². The van der Waals surface area contributed by atoms with E-state index in [1.54, 1.807) is 0 Å². The largest absolute Gasteiger partial charge is 0.351 e. The van der Waals surface area contributed by atoms with Crippen LogP contribution in [0.15, 0.2) is 6.07 Å². The van der Waals surface area contributed by atoms with Gasteiger partial charge in [-0.3, -0.25) is 0 Å². The van der Waals surface area contributed by atoms with Gasteiger partial charge in [0.1, 0.15) is 0 Å². The van der Waals surface area contributed by atoms with E-state index >= 15 is 0 Å². The summed E-state index contributed by atoms with van der Waals surface area (Å²) < 4.78 is 0. The standard InChI is InChI=1S/C12H17N3/c1-5-7-11(6-2)15-12-13-9(3)8-10(4)14-12/h1,8,11H,6-7H2,2-4H3,(H,13,14,15). The molecule has 0 aliphatic heterocycles. The predicted octanol–water partition coefficient (Wildman–Crippen LogP) is 2.31. The molecule has 1 unspecified atom stereocenters. The van der Waals surface area contributed by atoms with Crippen molar-refractivity contribution in [2.75, 3.05) is 5.32 Å². The van der Waals surface area contributed by atoms with Gasteiger partial charge in [-0.15, -0.1) is 12.3 Å². The first kappa shape index (κ1) is 11.5. The summed E-state index contributed by atoms with van der Waals surface area (Å²) in [6, 6.07) is 2.21. The van der Waals surface area contributed by atoms with Crippen LogP contribution in [-0.2, 0) is 0 Å². The van der Waals surface area contributed by atoms with Crippen molar-refractivity contribution in [2.24, 2.45) is 0 Å². The van der Waals surface area contributed by atoms with Crippen LogP contribution in [0.3, 0.4) is 0 Å². The summed E-state index contributed by atoms with van der Waals surface area (Å²) in [5, 5.41) is 3.25. The lowest BCUT2D eigenvalue weighted by Gasteiger charge is -2.14. The van der Waals surface area contributed by atoms with Crippen molar-refractivity contribution < 1.29 is 0 Å². The molecule has 0 aliphatic carbocycles. The van der Waals surface area contributed by atoms with Gasteiger partial charge in [0.15, 0.2) is 0 Å². The second-order valence-corrected chi connectivity index (χ2v) is 3.63. The highest BCUT2D eigenvalue weighted by Gasteiger charge is 2.06. The highest BCUT2D eigenvalue weighted by molar-refractivity contribution is 5.29. The molecule has 0 bridgehead atoms. The molecule has 0 saturated carbocycles. The zero-order chi connectivity index (χ0) is 11.3. The molecule has 1 atom stereocenters. The fourth-order valence-corrected chi connectivity index (χ4v) is 1.41. The number of anilines is 1. The fraction of sp³-hybridized carbons (Fsp3) is 0.500. The quantitative estimate of drug-likeness (QED) is 0.763. The molecule has 1 aromatic rings. The minimum Gasteiger partial charge on any atom is -0.351 e. The van der Waals surface area contributed by atoms with Crippen LogP contribution in [0.4, 0.5) is 5.95 Å². The molecular formula is C12H17N3. The number of nitrogens with zero attached hydrogens (tertiary/aromatic N) is 2. The Bertz CT molecular complexity index is 345. The van der Waals surface area contributed by atoms with Crippen molar-refractivity contribution in [2.45, 2.75) is 39.7 Å². The molecule has 15 heavy (non-hydrogen) atoms. The van der Waals surface area contributed by atoms with Crippen LogP contribution < -0.4 is 5.32 Å². The van der Waals surface area contributed by atoms with Gasteiger partial charge in [-0.05, 0) is 26.3 Å². The molecule has 0 radical (unpaired) electrons. The molecule has 0 aliphatic rings. The number of nitrogens with one attached hydrogen (secondary N) is 1. The summed E-state index contributed by atoms with van der Waals surface area (Å²) in [6.45, 7) is 6.02. The maximum atomic E-state index is 5.29. The maximum Gasteiger partial charge on any atom is 0.223 e. The van der Waals surface area contributed by atoms with Gasteiger partial charge in [-0.1, -0.05) is 6.92 Å². The lowest BCUT2D eigenvalue weighted by atomic mass is 10.1. The van der Waals surface area contributed by atoms with E-state index < -0.39 is 0 Å². The van der Waals surface area contributed by atoms with Crippen molar-refractivity contribution in [3.05, 3.63) is 17.5 Å². The number of aromatic nitrogens is 2. The van der Waals surface area contributed by atoms with E-state index in [-0.39, 0.29) is 6.04 Å². The first-order valence-electron chi connectivity index (χ1n) is 5.18. The Hall–Kier alpha value is -1.56. The number of terminal acetylenes is 1. The molecule has 0 fully saturated rings. The highest BCUT2D eigenvalue weighted by Crippen LogP contribution is 2.08. The summed E-state index contributed by atoms with van der Waals surface area (Å²) in [5.41, 5.74) is 1.95. The molecule has 0 saturated heterocycles. The molecule has 3 nitrogen and oxygen atoms in total. The van der Waals surface area contributed by atoms with Crippen LogP contribution >= 0.6 is 0 Å². The first-order chi connectivity index (χ1) is 7.15. The average molecular weight is 203 g/mol. The minimum absolute atomic E-state index is 0.260. The number of aryl methyl sites for hydroxylation is 2. The van der Waals surface area contributed by atoms with E-state index in [1.165, 1.54) is 0 Å². The van der Waals surface area contributed by atoms with Gasteiger partial charge in [0, 0.05) is 23.9 Å². The molecule has 1 heterocycles. The third kappa shape index (κ3) is 3.59. The monoisotopic (exact) mass is 203 g/mol. The van der Waals surface area contributed by atoms with E-state index in [2.05, 4.69) is 28.1 Å². The van der Waals surface area contributed by atoms with Gasteiger partial charge >= 0.3 is 0 Å². The van der Waals surface area contributed by atoms with E-state index in [1.807, 2.05) is 19.9 Å². The summed E-state index contributed by atoms with van der Waals surface area (Å²) in [6.07, 6.45) is 6.96. The SMILES string of the molecule is C#CCC(CC)Nc1nc(C)cc(C)n1. The smallest absolute Gasteiger partial charge is 0.223 e. The molecule has 0 aromatic carbocycles. The zero-order valence-electron chi connectivity index (χ0n) is 9.54. The van der Waals surface area contributed by atoms with E-state index in [9.17, 15) is 0 Å². The molecular weight excluding hydrogens is 186 g/mol. The average Bonchev–Trinajstić information content (AvgIpc) is 2.15. The number of rotatable bonds is 4. The van der Waals surface area contributed by atoms with Crippen molar-refractivity contribution in [3.63, 3.8) is 0 Å². The Kier molecular flexibility index (Phi) is 4.11. The Balaban J connectivity index is 2.75. The van der Waals surface area contributed by atoms with Gasteiger partial charge in [0.2, 0.25) is 5.95 Å². The Morgan fingerprint density at radius 2 is 2.00 bits per heavy atom. The van der Waals surface area contributed by atoms with Gasteiger partial charge in [0.25, 0.3) is 0 Å². The lowest BCUT2D eigenvalue weighted by molar-refractivity contribution is 0.705. The highest BCUT2D eigenvalue weighted by atomic mass is 15.1. The first-order valence-corrected chi connectivity index (χ1v) is 5.18.